The third-order valence-corrected chi connectivity index (χ3v) is 4.59. The van der Waals surface area contributed by atoms with Crippen LogP contribution in [0.15, 0.2) is 48.5 Å². The molecule has 1 unspecified atom stereocenters. The lowest BCUT2D eigenvalue weighted by atomic mass is 9.99. The second kappa shape index (κ2) is 4.29. The van der Waals surface area contributed by atoms with Gasteiger partial charge in [0.05, 0.1) is 5.71 Å². The minimum Gasteiger partial charge on any atom is -0.213 e. The van der Waals surface area contributed by atoms with Crippen LogP contribution >= 0.6 is 0 Å². The summed E-state index contributed by atoms with van der Waals surface area (Å²) >= 11 is 0. The lowest BCUT2D eigenvalue weighted by molar-refractivity contribution is 0.528. The first kappa shape index (κ1) is 10.3. The molecule has 1 aliphatic heterocycles. The second-order valence-corrected chi connectivity index (χ2v) is 6.02. The van der Waals surface area contributed by atoms with Crippen molar-refractivity contribution in [1.29, 1.82) is 0 Å². The molecule has 0 amide bonds. The number of hydrogen-bond acceptors (Lipinski definition) is 1. The van der Waals surface area contributed by atoms with Gasteiger partial charge in [-0.1, -0.05) is 35.3 Å². The van der Waals surface area contributed by atoms with E-state index in [1.165, 1.54) is 0 Å². The molecule has 2 heterocycles. The average Bonchev–Trinajstić information content (AvgIpc) is 3.03. The molecule has 0 radical (unpaired) electrons. The monoisotopic (exact) mass is 293 g/mol. The minimum atomic E-state index is -2.20. The maximum Gasteiger partial charge on any atom is 0.405 e. The second-order valence-electron chi connectivity index (χ2n) is 6.02. The SMILES string of the molecule is [2H]C([2H])([2H])C1(C)C(C)=[N+](c2ccccc2C)c2nc3ccccc3n21. The molecule has 0 N–H and O–H groups in total. The largest absolute Gasteiger partial charge is 0.405 e. The number of hydrogen-bond donors (Lipinski definition) is 0. The van der Waals surface area contributed by atoms with E-state index in [4.69, 9.17) is 9.10 Å². The quantitative estimate of drug-likeness (QED) is 0.610. The van der Waals surface area contributed by atoms with Crippen molar-refractivity contribution in [3.05, 3.63) is 54.1 Å². The van der Waals surface area contributed by atoms with E-state index in [1.54, 1.807) is 6.92 Å². The molecule has 0 fully saturated rings. The fourth-order valence-electron chi connectivity index (χ4n) is 3.24. The summed E-state index contributed by atoms with van der Waals surface area (Å²) in [5.41, 5.74) is 3.29. The maximum atomic E-state index is 8.24. The smallest absolute Gasteiger partial charge is 0.213 e. The Hall–Kier alpha value is -2.42. The van der Waals surface area contributed by atoms with Gasteiger partial charge in [0.2, 0.25) is 0 Å². The fourth-order valence-corrected chi connectivity index (χ4v) is 3.24. The highest BCUT2D eigenvalue weighted by Crippen LogP contribution is 2.39. The zero-order valence-corrected chi connectivity index (χ0v) is 13.0. The van der Waals surface area contributed by atoms with Crippen LogP contribution in [0.25, 0.3) is 11.0 Å². The number of fused-ring (bicyclic) bond motifs is 3. The van der Waals surface area contributed by atoms with Crippen LogP contribution in [0.5, 0.6) is 0 Å². The third-order valence-electron chi connectivity index (χ3n) is 4.59. The number of benzene rings is 2. The van der Waals surface area contributed by atoms with Crippen molar-refractivity contribution in [2.75, 3.05) is 0 Å². The van der Waals surface area contributed by atoms with Gasteiger partial charge in [0.15, 0.2) is 5.52 Å². The summed E-state index contributed by atoms with van der Waals surface area (Å²) < 4.78 is 28.6. The first-order valence-corrected chi connectivity index (χ1v) is 7.44. The van der Waals surface area contributed by atoms with Crippen LogP contribution in [0.4, 0.5) is 11.6 Å². The maximum absolute atomic E-state index is 8.24. The van der Waals surface area contributed by atoms with E-state index < -0.39 is 12.4 Å². The van der Waals surface area contributed by atoms with Gasteiger partial charge in [-0.3, -0.25) is 0 Å². The highest BCUT2D eigenvalue weighted by molar-refractivity contribution is 5.99. The summed E-state index contributed by atoms with van der Waals surface area (Å²) in [6, 6.07) is 15.7. The van der Waals surface area contributed by atoms with Crippen LogP contribution in [0, 0.1) is 6.92 Å². The Morgan fingerprint density at radius 2 is 1.82 bits per heavy atom. The lowest BCUT2D eigenvalue weighted by Crippen LogP contribution is -2.31. The van der Waals surface area contributed by atoms with E-state index >= 15 is 0 Å². The molecule has 0 spiro atoms. The van der Waals surface area contributed by atoms with Gasteiger partial charge in [-0.25, -0.2) is 4.57 Å². The standard InChI is InChI=1S/C19H20N3/c1-13-9-5-7-11-16(13)21-14(2)19(3,4)22-17-12-8-6-10-15(17)20-18(21)22/h5-12H,1-4H3/q+1/i3D3. The Bertz CT molecular complexity index is 1030. The van der Waals surface area contributed by atoms with Gasteiger partial charge in [-0.2, -0.15) is 4.58 Å². The van der Waals surface area contributed by atoms with Crippen molar-refractivity contribution < 1.29 is 4.11 Å². The molecule has 0 saturated heterocycles. The summed E-state index contributed by atoms with van der Waals surface area (Å²) in [5.74, 6) is 0.659. The fraction of sp³-hybridized carbons (Fsp3) is 0.263. The summed E-state index contributed by atoms with van der Waals surface area (Å²) in [6.45, 7) is 3.50. The normalized spacial score (nSPS) is 23.3. The first-order chi connectivity index (χ1) is 11.8. The van der Waals surface area contributed by atoms with Crippen molar-refractivity contribution in [3.8, 4) is 0 Å². The molecule has 0 bridgehead atoms. The summed E-state index contributed by atoms with van der Waals surface area (Å²) in [7, 11) is 0. The van der Waals surface area contributed by atoms with E-state index in [-0.39, 0.29) is 0 Å². The van der Waals surface area contributed by atoms with Gasteiger partial charge in [0.1, 0.15) is 16.7 Å². The van der Waals surface area contributed by atoms with Crippen LogP contribution in [-0.4, -0.2) is 15.3 Å². The van der Waals surface area contributed by atoms with Crippen LogP contribution in [0.3, 0.4) is 0 Å². The molecule has 22 heavy (non-hydrogen) atoms. The Morgan fingerprint density at radius 3 is 2.59 bits per heavy atom. The molecule has 3 aromatic rings. The van der Waals surface area contributed by atoms with E-state index in [2.05, 4.69) is 0 Å². The van der Waals surface area contributed by atoms with Gasteiger partial charge in [0, 0.05) is 4.11 Å². The summed E-state index contributed by atoms with van der Waals surface area (Å²) in [5, 5.41) is 0. The van der Waals surface area contributed by atoms with E-state index in [9.17, 15) is 0 Å². The van der Waals surface area contributed by atoms with E-state index in [0.29, 0.717) is 5.95 Å². The Balaban J connectivity index is 2.15. The number of imidazole rings is 1. The molecular weight excluding hydrogens is 270 g/mol. The average molecular weight is 293 g/mol. The molecule has 110 valence electrons. The van der Waals surface area contributed by atoms with E-state index in [0.717, 1.165) is 28.0 Å². The van der Waals surface area contributed by atoms with Gasteiger partial charge in [-0.05, 0) is 51.4 Å². The summed E-state index contributed by atoms with van der Waals surface area (Å²) in [6.07, 6.45) is 0. The number of nitrogens with zero attached hydrogens (tertiary/aromatic N) is 3. The Labute approximate surface area is 134 Å². The van der Waals surface area contributed by atoms with Gasteiger partial charge < -0.3 is 0 Å². The molecule has 0 saturated carbocycles. The Kier molecular flexibility index (Phi) is 2.02. The molecular formula is C19H20N3+. The molecule has 1 aromatic heterocycles. The van der Waals surface area contributed by atoms with Crippen molar-refractivity contribution in [2.24, 2.45) is 0 Å². The number of para-hydroxylation sites is 3. The predicted octanol–water partition coefficient (Wildman–Crippen LogP) is 4.39. The zero-order valence-electron chi connectivity index (χ0n) is 16.0. The number of aromatic nitrogens is 2. The van der Waals surface area contributed by atoms with Gasteiger partial charge >= 0.3 is 5.95 Å². The zero-order chi connectivity index (χ0) is 18.0. The van der Waals surface area contributed by atoms with Crippen LogP contribution in [0.2, 0.25) is 0 Å². The molecule has 1 aliphatic rings. The van der Waals surface area contributed by atoms with Gasteiger partial charge in [-0.15, -0.1) is 0 Å². The highest BCUT2D eigenvalue weighted by Gasteiger charge is 2.45. The molecule has 4 rings (SSSR count). The van der Waals surface area contributed by atoms with Crippen LogP contribution in [-0.2, 0) is 5.54 Å². The van der Waals surface area contributed by atoms with Crippen LogP contribution in [0.1, 0.15) is 30.4 Å². The molecule has 1 atom stereocenters. The van der Waals surface area contributed by atoms with Crippen LogP contribution < -0.4 is 4.58 Å². The minimum absolute atomic E-state index is 0.659. The molecule has 2 aromatic carbocycles. The van der Waals surface area contributed by atoms with Crippen molar-refractivity contribution in [3.63, 3.8) is 0 Å². The highest BCUT2D eigenvalue weighted by atomic mass is 15.3. The predicted molar refractivity (Wildman–Crippen MR) is 92.4 cm³/mol. The topological polar surface area (TPSA) is 20.8 Å². The third kappa shape index (κ3) is 1.56. The van der Waals surface area contributed by atoms with Gasteiger partial charge in [0.25, 0.3) is 0 Å². The number of aryl methyl sites for hydroxylation is 1. The Morgan fingerprint density at radius 1 is 1.09 bits per heavy atom. The molecule has 3 heteroatoms. The summed E-state index contributed by atoms with van der Waals surface area (Å²) in [4.78, 5) is 4.77. The van der Waals surface area contributed by atoms with E-state index in [1.807, 2.05) is 71.5 Å². The lowest BCUT2D eigenvalue weighted by Gasteiger charge is -2.17. The van der Waals surface area contributed by atoms with Crippen molar-refractivity contribution >= 4 is 28.4 Å². The number of rotatable bonds is 1. The molecule has 3 nitrogen and oxygen atoms in total. The first-order valence-electron chi connectivity index (χ1n) is 8.94. The molecule has 0 aliphatic carbocycles. The van der Waals surface area contributed by atoms with Crippen molar-refractivity contribution in [2.45, 2.75) is 33.2 Å². The van der Waals surface area contributed by atoms with Crippen molar-refractivity contribution in [1.82, 2.24) is 14.1 Å².